The minimum atomic E-state index is -1.05. The first-order valence-corrected chi connectivity index (χ1v) is 10.2. The first kappa shape index (κ1) is 25.1. The maximum absolute atomic E-state index is 11.5. The number of nitrogens with one attached hydrogen (secondary N) is 1. The zero-order valence-electron chi connectivity index (χ0n) is 18.3. The van der Waals surface area contributed by atoms with Gasteiger partial charge in [-0.25, -0.2) is 14.6 Å². The Morgan fingerprint density at radius 2 is 2.07 bits per heavy atom. The summed E-state index contributed by atoms with van der Waals surface area (Å²) in [6, 6.07) is 4.90. The normalized spacial score (nSPS) is 10.9. The Labute approximate surface area is 188 Å². The van der Waals surface area contributed by atoms with Crippen LogP contribution in [0.4, 0.5) is 4.79 Å². The molecule has 29 heavy (non-hydrogen) atoms. The van der Waals surface area contributed by atoms with Crippen molar-refractivity contribution < 1.29 is 39.7 Å². The van der Waals surface area contributed by atoms with Crippen LogP contribution in [0.25, 0.3) is 11.3 Å². The third-order valence-corrected chi connectivity index (χ3v) is 4.56. The van der Waals surface area contributed by atoms with E-state index in [2.05, 4.69) is 15.4 Å². The molecule has 2 aromatic rings. The van der Waals surface area contributed by atoms with E-state index in [-0.39, 0.29) is 26.0 Å². The van der Waals surface area contributed by atoms with Gasteiger partial charge in [-0.2, -0.15) is 16.9 Å². The van der Waals surface area contributed by atoms with Crippen LogP contribution in [-0.4, -0.2) is 55.6 Å². The monoisotopic (exact) mass is 414 g/mol. The van der Waals surface area contributed by atoms with E-state index in [1.54, 1.807) is 30.1 Å². The molecule has 0 atom stereocenters. The first-order chi connectivity index (χ1) is 13.2. The maximum Gasteiger partial charge on any atom is 1.00 e. The van der Waals surface area contributed by atoms with Gasteiger partial charge in [0.1, 0.15) is 11.3 Å². The smallest absolute Gasteiger partial charge is 1.00 e. The quantitative estimate of drug-likeness (QED) is 0.452. The molecule has 0 fully saturated rings. The summed E-state index contributed by atoms with van der Waals surface area (Å²) in [4.78, 5) is 26.7. The third kappa shape index (κ3) is 9.39. The number of aromatic carboxylic acids is 1. The zero-order chi connectivity index (χ0) is 20.6. The molecule has 0 aliphatic carbocycles. The Hall–Kier alpha value is -1.95. The van der Waals surface area contributed by atoms with E-state index in [1.807, 2.05) is 31.6 Å². The fraction of sp³-hybridized carbons (Fsp3) is 0.474. The van der Waals surface area contributed by atoms with Crippen LogP contribution in [0.5, 0.6) is 0 Å². The number of thioether (sulfide) groups is 1. The van der Waals surface area contributed by atoms with Gasteiger partial charge in [-0.15, -0.1) is 0 Å². The van der Waals surface area contributed by atoms with Crippen LogP contribution in [0.1, 0.15) is 39.1 Å². The summed E-state index contributed by atoms with van der Waals surface area (Å²) in [6.45, 7) is 6.82. The molecule has 0 saturated heterocycles. The molecule has 10 heteroatoms. The fourth-order valence-electron chi connectivity index (χ4n) is 2.30. The van der Waals surface area contributed by atoms with Crippen molar-refractivity contribution in [3.8, 4) is 11.3 Å². The van der Waals surface area contributed by atoms with Gasteiger partial charge in [0, 0.05) is 30.6 Å². The number of pyridine rings is 1. The molecule has 2 N–H and O–H groups in total. The largest absolute Gasteiger partial charge is 1.00 e. The summed E-state index contributed by atoms with van der Waals surface area (Å²) >= 11 is 1.75. The Morgan fingerprint density at radius 1 is 1.31 bits per heavy atom. The summed E-state index contributed by atoms with van der Waals surface area (Å²) in [5.41, 5.74) is 0.914. The number of carboxylic acids is 1. The number of ether oxygens (including phenoxy) is 1. The molecule has 8 nitrogen and oxygen atoms in total. The second-order valence-electron chi connectivity index (χ2n) is 7.10. The Kier molecular flexibility index (Phi) is 10.3. The molecule has 0 unspecified atom stereocenters. The van der Waals surface area contributed by atoms with Crippen LogP contribution in [0, 0.1) is 0 Å². The molecule has 0 radical (unpaired) electrons. The van der Waals surface area contributed by atoms with Crippen molar-refractivity contribution in [1.29, 1.82) is 0 Å². The number of hydrogen-bond donors (Lipinski definition) is 2. The number of aromatic nitrogens is 3. The number of aryl methyl sites for hydroxylation is 1. The second kappa shape index (κ2) is 11.9. The standard InChI is InChI=1S/C19H26N4O4S.Li.H/c1-19(2,3)27-18(26)20-8-11-28-10-5-9-23-13-14(12-21-23)15-6-4-7-16(22-15)17(24)25;;/h4,6-7,12-13H,5,8-11H2,1-3H3,(H,20,26)(H,24,25);;/q;+1;-1. The Bertz CT molecular complexity index is 814. The van der Waals surface area contributed by atoms with Gasteiger partial charge in [0.25, 0.3) is 0 Å². The van der Waals surface area contributed by atoms with Crippen molar-refractivity contribution in [2.24, 2.45) is 0 Å². The Morgan fingerprint density at radius 3 is 2.76 bits per heavy atom. The summed E-state index contributed by atoms with van der Waals surface area (Å²) in [7, 11) is 0. The van der Waals surface area contributed by atoms with E-state index >= 15 is 0 Å². The van der Waals surface area contributed by atoms with E-state index in [1.165, 1.54) is 6.07 Å². The Balaban J connectivity index is 0.00000420. The van der Waals surface area contributed by atoms with Crippen LogP contribution >= 0.6 is 11.8 Å². The van der Waals surface area contributed by atoms with E-state index in [0.717, 1.165) is 30.0 Å². The minimum Gasteiger partial charge on any atom is -1.00 e. The number of carboxylic acid groups (broad SMARTS) is 1. The fourth-order valence-corrected chi connectivity index (χ4v) is 3.09. The van der Waals surface area contributed by atoms with E-state index < -0.39 is 17.7 Å². The predicted molar refractivity (Wildman–Crippen MR) is 110 cm³/mol. The number of nitrogens with zero attached hydrogens (tertiary/aromatic N) is 3. The zero-order valence-corrected chi connectivity index (χ0v) is 18.2. The topological polar surface area (TPSA) is 106 Å². The maximum atomic E-state index is 11.5. The second-order valence-corrected chi connectivity index (χ2v) is 8.32. The molecule has 2 rings (SSSR count). The van der Waals surface area contributed by atoms with E-state index in [0.29, 0.717) is 12.2 Å². The van der Waals surface area contributed by atoms with Gasteiger partial charge < -0.3 is 16.6 Å². The molecule has 0 spiro atoms. The molecule has 0 aliphatic heterocycles. The third-order valence-electron chi connectivity index (χ3n) is 3.49. The van der Waals surface area contributed by atoms with Gasteiger partial charge in [-0.1, -0.05) is 6.07 Å². The number of carbonyl (C=O) groups is 2. The number of hydrogen-bond acceptors (Lipinski definition) is 6. The minimum absolute atomic E-state index is 0. The van der Waals surface area contributed by atoms with Crippen LogP contribution < -0.4 is 24.2 Å². The van der Waals surface area contributed by atoms with Gasteiger partial charge in [0.05, 0.1) is 11.9 Å². The number of alkyl carbamates (subject to hydrolysis) is 1. The van der Waals surface area contributed by atoms with E-state index in [9.17, 15) is 9.59 Å². The van der Waals surface area contributed by atoms with Crippen LogP contribution in [0.2, 0.25) is 0 Å². The predicted octanol–water partition coefficient (Wildman–Crippen LogP) is 0.408. The summed E-state index contributed by atoms with van der Waals surface area (Å²) in [5, 5.41) is 16.1. The van der Waals surface area contributed by atoms with Crippen LogP contribution in [0.15, 0.2) is 30.6 Å². The molecular formula is C19H27LiN4O4S. The average molecular weight is 414 g/mol. The van der Waals surface area contributed by atoms with Crippen molar-refractivity contribution in [2.45, 2.75) is 39.3 Å². The summed E-state index contributed by atoms with van der Waals surface area (Å²) in [5.74, 6) is 0.709. The van der Waals surface area contributed by atoms with Crippen molar-refractivity contribution >= 4 is 23.8 Å². The van der Waals surface area contributed by atoms with Crippen molar-refractivity contribution in [1.82, 2.24) is 20.1 Å². The van der Waals surface area contributed by atoms with Gasteiger partial charge in [-0.3, -0.25) is 4.68 Å². The SMILES string of the molecule is CC(C)(C)OC(=O)NCCSCCCn1cc(-c2cccc(C(=O)O)n2)cn1.[H-].[Li+]. The van der Waals surface area contributed by atoms with Gasteiger partial charge in [0.2, 0.25) is 0 Å². The number of rotatable bonds is 9. The molecule has 2 aromatic heterocycles. The molecule has 0 saturated carbocycles. The van der Waals surface area contributed by atoms with Crippen molar-refractivity contribution in [3.05, 3.63) is 36.3 Å². The average Bonchev–Trinajstić information content (AvgIpc) is 3.08. The molecular weight excluding hydrogens is 387 g/mol. The molecule has 154 valence electrons. The number of amides is 1. The van der Waals surface area contributed by atoms with Crippen molar-refractivity contribution in [3.63, 3.8) is 0 Å². The van der Waals surface area contributed by atoms with Gasteiger partial charge in [0.15, 0.2) is 0 Å². The molecule has 2 heterocycles. The molecule has 1 amide bonds. The number of carbonyl (C=O) groups excluding carboxylic acids is 1. The first-order valence-electron chi connectivity index (χ1n) is 9.02. The summed E-state index contributed by atoms with van der Waals surface area (Å²) in [6.07, 6.45) is 4.09. The van der Waals surface area contributed by atoms with E-state index in [4.69, 9.17) is 9.84 Å². The summed E-state index contributed by atoms with van der Waals surface area (Å²) < 4.78 is 7.00. The molecule has 0 aromatic carbocycles. The van der Waals surface area contributed by atoms with Gasteiger partial charge in [-0.05, 0) is 45.1 Å². The molecule has 0 aliphatic rings. The van der Waals surface area contributed by atoms with Crippen molar-refractivity contribution in [2.75, 3.05) is 18.1 Å². The molecule has 0 bridgehead atoms. The van der Waals surface area contributed by atoms with Crippen LogP contribution in [-0.2, 0) is 11.3 Å². The van der Waals surface area contributed by atoms with Gasteiger partial charge >= 0.3 is 30.9 Å². The van der Waals surface area contributed by atoms with Crippen LogP contribution in [0.3, 0.4) is 0 Å².